The summed E-state index contributed by atoms with van der Waals surface area (Å²) in [5.41, 5.74) is 2.30. The lowest BCUT2D eigenvalue weighted by Crippen LogP contribution is -2.30. The zero-order valence-corrected chi connectivity index (χ0v) is 11.3. The summed E-state index contributed by atoms with van der Waals surface area (Å²) < 4.78 is 5.21. The van der Waals surface area contributed by atoms with E-state index in [0.29, 0.717) is 5.76 Å². The van der Waals surface area contributed by atoms with Crippen LogP contribution in [0.5, 0.6) is 0 Å². The smallest absolute Gasteiger partial charge is 0.251 e. The van der Waals surface area contributed by atoms with Gasteiger partial charge in [-0.15, -0.1) is 0 Å². The lowest BCUT2D eigenvalue weighted by atomic mass is 10.1. The fourth-order valence-electron chi connectivity index (χ4n) is 2.55. The van der Waals surface area contributed by atoms with Gasteiger partial charge in [0.05, 0.1) is 6.26 Å². The van der Waals surface area contributed by atoms with Crippen LogP contribution in [0.4, 0.5) is 5.69 Å². The first-order valence-electron chi connectivity index (χ1n) is 6.95. The van der Waals surface area contributed by atoms with E-state index in [0.717, 1.165) is 31.5 Å². The normalized spacial score (nSPS) is 15.1. The number of anilines is 1. The van der Waals surface area contributed by atoms with E-state index >= 15 is 0 Å². The molecule has 1 aliphatic heterocycles. The molecule has 1 aromatic carbocycles. The molecule has 0 bridgehead atoms. The van der Waals surface area contributed by atoms with Crippen molar-refractivity contribution in [3.63, 3.8) is 0 Å². The first kappa shape index (κ1) is 12.7. The second-order valence-corrected chi connectivity index (χ2v) is 4.92. The molecule has 0 radical (unpaired) electrons. The van der Waals surface area contributed by atoms with Gasteiger partial charge in [-0.3, -0.25) is 4.79 Å². The minimum atomic E-state index is 0.00995. The van der Waals surface area contributed by atoms with Gasteiger partial charge < -0.3 is 9.32 Å². The Morgan fingerprint density at radius 1 is 1.15 bits per heavy atom. The van der Waals surface area contributed by atoms with Crippen LogP contribution in [0.15, 0.2) is 53.2 Å². The minimum absolute atomic E-state index is 0.00995. The van der Waals surface area contributed by atoms with Crippen LogP contribution in [0.25, 0.3) is 6.08 Å². The number of benzene rings is 1. The van der Waals surface area contributed by atoms with E-state index in [2.05, 4.69) is 6.07 Å². The maximum Gasteiger partial charge on any atom is 0.251 e. The number of nitrogens with zero attached hydrogens (tertiary/aromatic N) is 1. The van der Waals surface area contributed by atoms with Crippen molar-refractivity contribution in [1.82, 2.24) is 0 Å². The van der Waals surface area contributed by atoms with E-state index < -0.39 is 0 Å². The van der Waals surface area contributed by atoms with Crippen molar-refractivity contribution in [1.29, 1.82) is 0 Å². The number of amides is 1. The van der Waals surface area contributed by atoms with Gasteiger partial charge in [-0.2, -0.15) is 0 Å². The molecule has 0 fully saturated rings. The molecule has 0 saturated heterocycles. The van der Waals surface area contributed by atoms with Gasteiger partial charge in [-0.25, -0.2) is 0 Å². The predicted octanol–water partition coefficient (Wildman–Crippen LogP) is 3.66. The Bertz CT molecular complexity index is 614. The number of carbonyl (C=O) groups is 1. The molecule has 1 aliphatic rings. The number of hydrogen-bond donors (Lipinski definition) is 0. The van der Waals surface area contributed by atoms with Crippen molar-refractivity contribution >= 4 is 17.7 Å². The SMILES string of the molecule is O=C(/C=C\c1ccco1)N1CCCCc2ccccc21. The topological polar surface area (TPSA) is 33.5 Å². The maximum absolute atomic E-state index is 12.4. The number of carbonyl (C=O) groups excluding carboxylic acids is 1. The van der Waals surface area contributed by atoms with Crippen molar-refractivity contribution in [3.05, 3.63) is 60.1 Å². The van der Waals surface area contributed by atoms with Crippen molar-refractivity contribution in [2.45, 2.75) is 19.3 Å². The lowest BCUT2D eigenvalue weighted by Gasteiger charge is -2.21. The summed E-state index contributed by atoms with van der Waals surface area (Å²) in [5, 5.41) is 0. The van der Waals surface area contributed by atoms with Crippen molar-refractivity contribution in [2.24, 2.45) is 0 Å². The second kappa shape index (κ2) is 5.78. The zero-order chi connectivity index (χ0) is 13.8. The quantitative estimate of drug-likeness (QED) is 0.778. The molecular formula is C17H17NO2. The van der Waals surface area contributed by atoms with Crippen LogP contribution >= 0.6 is 0 Å². The van der Waals surface area contributed by atoms with Crippen LogP contribution in [-0.2, 0) is 11.2 Å². The fraction of sp³-hybridized carbons (Fsp3) is 0.235. The summed E-state index contributed by atoms with van der Waals surface area (Å²) in [6, 6.07) is 11.8. The van der Waals surface area contributed by atoms with Crippen LogP contribution in [0.1, 0.15) is 24.2 Å². The lowest BCUT2D eigenvalue weighted by molar-refractivity contribution is -0.114. The number of para-hydroxylation sites is 1. The van der Waals surface area contributed by atoms with Gasteiger partial charge in [-0.1, -0.05) is 18.2 Å². The first-order chi connectivity index (χ1) is 9.84. The maximum atomic E-state index is 12.4. The molecule has 3 rings (SSSR count). The molecule has 3 heteroatoms. The third-order valence-electron chi connectivity index (χ3n) is 3.56. The Balaban J connectivity index is 1.84. The molecule has 1 aromatic heterocycles. The van der Waals surface area contributed by atoms with Crippen LogP contribution in [0, 0.1) is 0 Å². The van der Waals surface area contributed by atoms with Gasteiger partial charge in [0.15, 0.2) is 0 Å². The summed E-state index contributed by atoms with van der Waals surface area (Å²) in [5.74, 6) is 0.706. The minimum Gasteiger partial charge on any atom is -0.465 e. The zero-order valence-electron chi connectivity index (χ0n) is 11.3. The molecule has 102 valence electrons. The number of aryl methyl sites for hydroxylation is 1. The Kier molecular flexibility index (Phi) is 3.68. The Hall–Kier alpha value is -2.29. The summed E-state index contributed by atoms with van der Waals surface area (Å²) >= 11 is 0. The van der Waals surface area contributed by atoms with E-state index in [4.69, 9.17) is 4.42 Å². The number of rotatable bonds is 2. The molecule has 0 aliphatic carbocycles. The van der Waals surface area contributed by atoms with E-state index in [9.17, 15) is 4.79 Å². The van der Waals surface area contributed by atoms with Crippen LogP contribution in [0.2, 0.25) is 0 Å². The fourth-order valence-corrected chi connectivity index (χ4v) is 2.55. The monoisotopic (exact) mass is 267 g/mol. The average Bonchev–Trinajstić information content (AvgIpc) is 2.90. The van der Waals surface area contributed by atoms with E-state index in [-0.39, 0.29) is 5.91 Å². The Morgan fingerprint density at radius 3 is 2.90 bits per heavy atom. The molecule has 0 saturated carbocycles. The third-order valence-corrected chi connectivity index (χ3v) is 3.56. The molecule has 0 atom stereocenters. The van der Waals surface area contributed by atoms with E-state index in [1.165, 1.54) is 5.56 Å². The molecule has 20 heavy (non-hydrogen) atoms. The summed E-state index contributed by atoms with van der Waals surface area (Å²) in [6.07, 6.45) is 8.11. The molecule has 0 spiro atoms. The Morgan fingerprint density at radius 2 is 2.05 bits per heavy atom. The number of furan rings is 1. The van der Waals surface area contributed by atoms with Crippen LogP contribution in [-0.4, -0.2) is 12.5 Å². The van der Waals surface area contributed by atoms with Gasteiger partial charge in [0.25, 0.3) is 5.91 Å². The average molecular weight is 267 g/mol. The van der Waals surface area contributed by atoms with Crippen LogP contribution < -0.4 is 4.90 Å². The van der Waals surface area contributed by atoms with Gasteiger partial charge in [0, 0.05) is 18.3 Å². The van der Waals surface area contributed by atoms with Crippen molar-refractivity contribution in [3.8, 4) is 0 Å². The standard InChI is InChI=1S/C17H17NO2/c19-17(11-10-15-8-5-13-20-15)18-12-4-3-7-14-6-1-2-9-16(14)18/h1-2,5-6,8-11,13H,3-4,7,12H2/b11-10-. The van der Waals surface area contributed by atoms with Crippen molar-refractivity contribution < 1.29 is 9.21 Å². The molecule has 2 aromatic rings. The highest BCUT2D eigenvalue weighted by Crippen LogP contribution is 2.26. The number of hydrogen-bond acceptors (Lipinski definition) is 2. The third kappa shape index (κ3) is 2.67. The molecular weight excluding hydrogens is 250 g/mol. The van der Waals surface area contributed by atoms with Gasteiger partial charge >= 0.3 is 0 Å². The van der Waals surface area contributed by atoms with Crippen LogP contribution in [0.3, 0.4) is 0 Å². The Labute approximate surface area is 118 Å². The van der Waals surface area contributed by atoms with Gasteiger partial charge in [0.1, 0.15) is 5.76 Å². The van der Waals surface area contributed by atoms with Crippen molar-refractivity contribution in [2.75, 3.05) is 11.4 Å². The largest absolute Gasteiger partial charge is 0.465 e. The predicted molar refractivity (Wildman–Crippen MR) is 79.5 cm³/mol. The molecule has 1 amide bonds. The summed E-state index contributed by atoms with van der Waals surface area (Å²) in [6.45, 7) is 0.776. The molecule has 0 unspecified atom stereocenters. The summed E-state index contributed by atoms with van der Waals surface area (Å²) in [4.78, 5) is 14.3. The van der Waals surface area contributed by atoms with Gasteiger partial charge in [-0.05, 0) is 49.1 Å². The van der Waals surface area contributed by atoms with E-state index in [1.54, 1.807) is 18.4 Å². The number of fused-ring (bicyclic) bond motifs is 1. The summed E-state index contributed by atoms with van der Waals surface area (Å²) in [7, 11) is 0. The molecule has 0 N–H and O–H groups in total. The highest BCUT2D eigenvalue weighted by Gasteiger charge is 2.18. The highest BCUT2D eigenvalue weighted by molar-refractivity contribution is 6.04. The second-order valence-electron chi connectivity index (χ2n) is 4.92. The first-order valence-corrected chi connectivity index (χ1v) is 6.95. The highest BCUT2D eigenvalue weighted by atomic mass is 16.3. The molecule has 3 nitrogen and oxygen atoms in total. The van der Waals surface area contributed by atoms with E-state index in [1.807, 2.05) is 35.2 Å². The van der Waals surface area contributed by atoms with Gasteiger partial charge in [0.2, 0.25) is 0 Å². The molecule has 2 heterocycles.